The third-order valence-electron chi connectivity index (χ3n) is 3.87. The summed E-state index contributed by atoms with van der Waals surface area (Å²) < 4.78 is 1.76. The van der Waals surface area contributed by atoms with Crippen LogP contribution in [0.2, 0.25) is 0 Å². The number of anilines is 1. The number of nitro benzene ring substituents is 1. The lowest BCUT2D eigenvalue weighted by atomic mass is 10.1. The number of carbonyl (C=O) groups excluding carboxylic acids is 2. The number of nitro groups is 1. The Morgan fingerprint density at radius 2 is 1.88 bits per heavy atom. The van der Waals surface area contributed by atoms with Crippen LogP contribution in [0.5, 0.6) is 0 Å². The lowest BCUT2D eigenvalue weighted by molar-refractivity contribution is -0.384. The number of imide groups is 1. The summed E-state index contributed by atoms with van der Waals surface area (Å²) in [6, 6.07) is 8.85. The molecule has 2 amide bonds. The number of thiazole rings is 1. The molecule has 0 aliphatic carbocycles. The zero-order valence-electron chi connectivity index (χ0n) is 12.8. The molecule has 1 aliphatic rings. The van der Waals surface area contributed by atoms with Crippen molar-refractivity contribution in [3.63, 3.8) is 0 Å². The van der Waals surface area contributed by atoms with Gasteiger partial charge in [0.2, 0.25) is 0 Å². The summed E-state index contributed by atoms with van der Waals surface area (Å²) in [7, 11) is 0. The SMILES string of the molecule is CSc1nc2ccc(N3C(=O)c4ccc([N+](=O)[O-])cc4C3=O)cc2s1. The largest absolute Gasteiger partial charge is 0.270 e. The van der Waals surface area contributed by atoms with Gasteiger partial charge in [-0.3, -0.25) is 19.7 Å². The fourth-order valence-electron chi connectivity index (χ4n) is 2.70. The molecule has 0 saturated carbocycles. The quantitative estimate of drug-likeness (QED) is 0.301. The van der Waals surface area contributed by atoms with Crippen LogP contribution in [0, 0.1) is 10.1 Å². The van der Waals surface area contributed by atoms with Crippen molar-refractivity contribution < 1.29 is 14.5 Å². The van der Waals surface area contributed by atoms with E-state index in [-0.39, 0.29) is 16.8 Å². The highest BCUT2D eigenvalue weighted by Gasteiger charge is 2.38. The van der Waals surface area contributed by atoms with Gasteiger partial charge >= 0.3 is 0 Å². The van der Waals surface area contributed by atoms with Crippen LogP contribution in [-0.2, 0) is 0 Å². The first-order valence-corrected chi connectivity index (χ1v) is 9.15. The summed E-state index contributed by atoms with van der Waals surface area (Å²) in [5.41, 5.74) is 1.23. The van der Waals surface area contributed by atoms with Crippen LogP contribution in [0.3, 0.4) is 0 Å². The van der Waals surface area contributed by atoms with Crippen molar-refractivity contribution in [3.8, 4) is 0 Å². The molecule has 4 rings (SSSR count). The normalized spacial score (nSPS) is 13.6. The van der Waals surface area contributed by atoms with Gasteiger partial charge in [-0.25, -0.2) is 9.88 Å². The highest BCUT2D eigenvalue weighted by atomic mass is 32.2. The predicted molar refractivity (Wildman–Crippen MR) is 95.6 cm³/mol. The smallest absolute Gasteiger partial charge is 0.268 e. The maximum absolute atomic E-state index is 12.6. The van der Waals surface area contributed by atoms with E-state index in [4.69, 9.17) is 0 Å². The van der Waals surface area contributed by atoms with Crippen molar-refractivity contribution >= 4 is 56.5 Å². The lowest BCUT2D eigenvalue weighted by Gasteiger charge is -2.13. The third-order valence-corrected chi connectivity index (χ3v) is 5.87. The molecule has 0 spiro atoms. The van der Waals surface area contributed by atoms with Gasteiger partial charge in [-0.15, -0.1) is 11.3 Å². The first-order valence-electron chi connectivity index (χ1n) is 7.11. The molecule has 0 fully saturated rings. The molecule has 1 aromatic heterocycles. The first kappa shape index (κ1) is 15.7. The van der Waals surface area contributed by atoms with Crippen LogP contribution in [0.4, 0.5) is 11.4 Å². The minimum Gasteiger partial charge on any atom is -0.268 e. The monoisotopic (exact) mass is 371 g/mol. The van der Waals surface area contributed by atoms with Crippen molar-refractivity contribution in [2.75, 3.05) is 11.2 Å². The van der Waals surface area contributed by atoms with Crippen molar-refractivity contribution in [2.24, 2.45) is 0 Å². The molecule has 0 saturated heterocycles. The van der Waals surface area contributed by atoms with E-state index in [0.717, 1.165) is 25.5 Å². The Labute approximate surface area is 149 Å². The molecule has 124 valence electrons. The molecule has 0 radical (unpaired) electrons. The van der Waals surface area contributed by atoms with E-state index in [9.17, 15) is 19.7 Å². The van der Waals surface area contributed by atoms with Gasteiger partial charge in [-0.2, -0.15) is 0 Å². The molecule has 0 atom stereocenters. The van der Waals surface area contributed by atoms with Crippen LogP contribution in [-0.4, -0.2) is 28.0 Å². The van der Waals surface area contributed by atoms with Gasteiger partial charge in [-0.05, 0) is 30.5 Å². The number of thioether (sulfide) groups is 1. The van der Waals surface area contributed by atoms with E-state index < -0.39 is 16.7 Å². The number of nitrogens with zero attached hydrogens (tertiary/aromatic N) is 3. The number of non-ortho nitro benzene ring substituents is 1. The molecule has 2 heterocycles. The fraction of sp³-hybridized carbons (Fsp3) is 0.0625. The molecule has 0 bridgehead atoms. The van der Waals surface area contributed by atoms with Gasteiger partial charge in [0.1, 0.15) is 0 Å². The van der Waals surface area contributed by atoms with E-state index in [1.807, 2.05) is 6.26 Å². The lowest BCUT2D eigenvalue weighted by Crippen LogP contribution is -2.29. The Morgan fingerprint density at radius 1 is 1.12 bits per heavy atom. The molecule has 0 unspecified atom stereocenters. The fourth-order valence-corrected chi connectivity index (χ4v) is 4.22. The van der Waals surface area contributed by atoms with E-state index in [0.29, 0.717) is 5.69 Å². The molecule has 9 heteroatoms. The third kappa shape index (κ3) is 2.39. The topological polar surface area (TPSA) is 93.4 Å². The van der Waals surface area contributed by atoms with E-state index in [2.05, 4.69) is 4.98 Å². The summed E-state index contributed by atoms with van der Waals surface area (Å²) in [5, 5.41) is 10.9. The Bertz CT molecular complexity index is 1080. The summed E-state index contributed by atoms with van der Waals surface area (Å²) in [5.74, 6) is -1.04. The number of aromatic nitrogens is 1. The molecule has 1 aliphatic heterocycles. The molecule has 0 N–H and O–H groups in total. The predicted octanol–water partition coefficient (Wildman–Crippen LogP) is 3.73. The Hall–Kier alpha value is -2.78. The Kier molecular flexibility index (Phi) is 3.55. The van der Waals surface area contributed by atoms with Gasteiger partial charge in [0.25, 0.3) is 17.5 Å². The zero-order valence-corrected chi connectivity index (χ0v) is 14.4. The highest BCUT2D eigenvalue weighted by Crippen LogP contribution is 2.35. The molecule has 3 aromatic rings. The van der Waals surface area contributed by atoms with Crippen LogP contribution < -0.4 is 4.90 Å². The molecular formula is C16H9N3O4S2. The highest BCUT2D eigenvalue weighted by molar-refractivity contribution is 8.00. The summed E-state index contributed by atoms with van der Waals surface area (Å²) in [6.45, 7) is 0. The standard InChI is InChI=1S/C16H9N3O4S2/c1-24-16-17-12-5-3-8(7-13(12)25-16)18-14(20)10-4-2-9(19(22)23)6-11(10)15(18)21/h2-7H,1H3. The molecule has 7 nitrogen and oxygen atoms in total. The maximum atomic E-state index is 12.6. The summed E-state index contributed by atoms with van der Waals surface area (Å²) in [4.78, 5) is 41.0. The Morgan fingerprint density at radius 3 is 2.60 bits per heavy atom. The van der Waals surface area contributed by atoms with Gasteiger partial charge in [0.05, 0.1) is 32.0 Å². The van der Waals surface area contributed by atoms with E-state index in [1.165, 1.54) is 35.2 Å². The van der Waals surface area contributed by atoms with Crippen LogP contribution in [0.1, 0.15) is 20.7 Å². The number of hydrogen-bond donors (Lipinski definition) is 0. The minimum atomic E-state index is -0.589. The average molecular weight is 371 g/mol. The van der Waals surface area contributed by atoms with Gasteiger partial charge in [0, 0.05) is 12.1 Å². The maximum Gasteiger partial charge on any atom is 0.270 e. The zero-order chi connectivity index (χ0) is 17.7. The Balaban J connectivity index is 1.79. The summed E-state index contributed by atoms with van der Waals surface area (Å²) >= 11 is 3.00. The van der Waals surface area contributed by atoms with Crippen molar-refractivity contribution in [1.82, 2.24) is 4.98 Å². The summed E-state index contributed by atoms with van der Waals surface area (Å²) in [6.07, 6.45) is 1.93. The molecule has 25 heavy (non-hydrogen) atoms. The second-order valence-electron chi connectivity index (χ2n) is 5.27. The number of amides is 2. The molecule has 2 aromatic carbocycles. The van der Waals surface area contributed by atoms with Crippen LogP contribution in [0.15, 0.2) is 40.7 Å². The van der Waals surface area contributed by atoms with Crippen LogP contribution in [0.25, 0.3) is 10.2 Å². The number of benzene rings is 2. The average Bonchev–Trinajstić information content (AvgIpc) is 3.13. The number of rotatable bonds is 3. The number of carbonyl (C=O) groups is 2. The molecular weight excluding hydrogens is 362 g/mol. The van der Waals surface area contributed by atoms with Crippen molar-refractivity contribution in [3.05, 3.63) is 57.6 Å². The van der Waals surface area contributed by atoms with Crippen LogP contribution >= 0.6 is 23.1 Å². The second-order valence-corrected chi connectivity index (χ2v) is 7.35. The van der Waals surface area contributed by atoms with Gasteiger partial charge in [-0.1, -0.05) is 11.8 Å². The van der Waals surface area contributed by atoms with E-state index in [1.54, 1.807) is 18.2 Å². The second kappa shape index (κ2) is 5.64. The van der Waals surface area contributed by atoms with E-state index >= 15 is 0 Å². The number of fused-ring (bicyclic) bond motifs is 2. The number of hydrogen-bond acceptors (Lipinski definition) is 7. The van der Waals surface area contributed by atoms with Gasteiger partial charge in [0.15, 0.2) is 4.34 Å². The van der Waals surface area contributed by atoms with Crippen molar-refractivity contribution in [1.29, 1.82) is 0 Å². The van der Waals surface area contributed by atoms with Crippen molar-refractivity contribution in [2.45, 2.75) is 4.34 Å². The minimum absolute atomic E-state index is 0.0494. The van der Waals surface area contributed by atoms with Gasteiger partial charge < -0.3 is 0 Å². The first-order chi connectivity index (χ1) is 12.0.